The molecule has 3 aromatic rings. The first-order valence-electron chi connectivity index (χ1n) is 10.6. The van der Waals surface area contributed by atoms with Crippen LogP contribution in [0.4, 0.5) is 16.2 Å². The van der Waals surface area contributed by atoms with Crippen molar-refractivity contribution in [2.24, 2.45) is 0 Å². The second-order valence-electron chi connectivity index (χ2n) is 7.92. The highest BCUT2D eigenvalue weighted by molar-refractivity contribution is 14.1. The van der Waals surface area contributed by atoms with E-state index in [2.05, 4.69) is 59.8 Å². The third-order valence-corrected chi connectivity index (χ3v) is 7.64. The number of non-ortho nitro benzene ring substituents is 1. The van der Waals surface area contributed by atoms with Gasteiger partial charge >= 0.3 is 6.03 Å². The van der Waals surface area contributed by atoms with Crippen molar-refractivity contribution in [2.45, 2.75) is 13.5 Å². The molecule has 9 nitrogen and oxygen atoms in total. The van der Waals surface area contributed by atoms with Crippen LogP contribution in [0, 0.1) is 20.6 Å². The van der Waals surface area contributed by atoms with Crippen LogP contribution in [0.2, 0.25) is 0 Å². The van der Waals surface area contributed by atoms with Crippen molar-refractivity contribution in [3.05, 3.63) is 99.5 Å². The van der Waals surface area contributed by atoms with Gasteiger partial charge in [-0.05, 0) is 111 Å². The Labute approximate surface area is 241 Å². The van der Waals surface area contributed by atoms with Gasteiger partial charge in [-0.1, -0.05) is 15.9 Å². The summed E-state index contributed by atoms with van der Waals surface area (Å²) in [4.78, 5) is 49.5. The molecule has 188 valence electrons. The summed E-state index contributed by atoms with van der Waals surface area (Å²) in [5, 5.41) is 13.0. The van der Waals surface area contributed by atoms with Gasteiger partial charge in [-0.2, -0.15) is 0 Å². The molecule has 1 N–H and O–H groups in total. The van der Waals surface area contributed by atoms with Crippen LogP contribution in [0.15, 0.2) is 69.1 Å². The lowest BCUT2D eigenvalue weighted by molar-refractivity contribution is -0.384. The molecule has 1 heterocycles. The van der Waals surface area contributed by atoms with E-state index in [4.69, 9.17) is 4.74 Å². The molecule has 1 saturated heterocycles. The third kappa shape index (κ3) is 5.91. The molecular weight excluding hydrogens is 725 g/mol. The summed E-state index contributed by atoms with van der Waals surface area (Å²) in [5.41, 5.74) is 2.25. The zero-order chi connectivity index (χ0) is 26.9. The van der Waals surface area contributed by atoms with Crippen LogP contribution in [-0.4, -0.2) is 22.8 Å². The minimum absolute atomic E-state index is 0.00580. The average molecular weight is 741 g/mol. The number of benzene rings is 3. The van der Waals surface area contributed by atoms with Crippen LogP contribution < -0.4 is 15.0 Å². The smallest absolute Gasteiger partial charge is 0.335 e. The fraction of sp³-hybridized carbons (Fsp3) is 0.0800. The van der Waals surface area contributed by atoms with Gasteiger partial charge in [0.25, 0.3) is 17.5 Å². The first-order valence-corrected chi connectivity index (χ1v) is 13.2. The van der Waals surface area contributed by atoms with Gasteiger partial charge in [0.1, 0.15) is 17.9 Å². The number of barbiturate groups is 1. The standard InChI is InChI=1S/C25H16Br2IN3O6/c1-13-8-17(6-7-19(13)26)30-24(33)18(23(32)29-25(30)34)9-15-10-20(27)22(21(28)11-15)37-12-14-2-4-16(5-3-14)31(35)36/h2-11H,12H2,1H3,(H,29,32,34)/b18-9+. The van der Waals surface area contributed by atoms with Crippen LogP contribution in [0.3, 0.4) is 0 Å². The minimum atomic E-state index is -0.820. The van der Waals surface area contributed by atoms with Crippen LogP contribution in [-0.2, 0) is 16.2 Å². The van der Waals surface area contributed by atoms with Gasteiger partial charge in [-0.25, -0.2) is 9.69 Å². The molecule has 0 bridgehead atoms. The summed E-state index contributed by atoms with van der Waals surface area (Å²) in [7, 11) is 0. The maximum atomic E-state index is 13.2. The molecule has 0 saturated carbocycles. The predicted octanol–water partition coefficient (Wildman–Crippen LogP) is 6.28. The summed E-state index contributed by atoms with van der Waals surface area (Å²) in [6.45, 7) is 2.00. The zero-order valence-electron chi connectivity index (χ0n) is 19.0. The quantitative estimate of drug-likeness (QED) is 0.105. The van der Waals surface area contributed by atoms with Gasteiger partial charge in [0.05, 0.1) is 18.7 Å². The number of imide groups is 2. The fourth-order valence-electron chi connectivity index (χ4n) is 3.50. The number of aryl methyl sites for hydroxylation is 1. The van der Waals surface area contributed by atoms with Gasteiger partial charge in [0.15, 0.2) is 0 Å². The molecule has 0 aromatic heterocycles. The number of hydrogen-bond donors (Lipinski definition) is 1. The van der Waals surface area contributed by atoms with Crippen molar-refractivity contribution < 1.29 is 24.0 Å². The maximum absolute atomic E-state index is 13.2. The largest absolute Gasteiger partial charge is 0.487 e. The molecule has 0 unspecified atom stereocenters. The first kappa shape index (κ1) is 26.9. The van der Waals surface area contributed by atoms with E-state index < -0.39 is 22.8 Å². The van der Waals surface area contributed by atoms with Crippen molar-refractivity contribution in [3.8, 4) is 5.75 Å². The third-order valence-electron chi connectivity index (χ3n) is 5.36. The Balaban J connectivity index is 1.58. The Morgan fingerprint density at radius 2 is 1.76 bits per heavy atom. The molecule has 4 amide bonds. The van der Waals surface area contributed by atoms with Crippen LogP contribution >= 0.6 is 54.5 Å². The van der Waals surface area contributed by atoms with E-state index in [1.165, 1.54) is 18.2 Å². The lowest BCUT2D eigenvalue weighted by Crippen LogP contribution is -2.54. The number of hydrogen-bond acceptors (Lipinski definition) is 6. The highest BCUT2D eigenvalue weighted by Gasteiger charge is 2.37. The Morgan fingerprint density at radius 3 is 2.38 bits per heavy atom. The lowest BCUT2D eigenvalue weighted by Gasteiger charge is -2.26. The van der Waals surface area contributed by atoms with E-state index >= 15 is 0 Å². The van der Waals surface area contributed by atoms with E-state index in [1.807, 2.05) is 6.92 Å². The number of ether oxygens (including phenoxy) is 1. The zero-order valence-corrected chi connectivity index (χ0v) is 24.3. The van der Waals surface area contributed by atoms with E-state index in [0.29, 0.717) is 25.0 Å². The van der Waals surface area contributed by atoms with Gasteiger partial charge in [0, 0.05) is 16.6 Å². The number of nitro benzene ring substituents is 1. The number of nitrogens with one attached hydrogen (secondary N) is 1. The SMILES string of the molecule is Cc1cc(N2C(=O)NC(=O)/C(=C\c3cc(Br)c(OCc4ccc([N+](=O)[O-])cc4)c(I)c3)C2=O)ccc1Br. The van der Waals surface area contributed by atoms with Crippen LogP contribution in [0.25, 0.3) is 6.08 Å². The summed E-state index contributed by atoms with van der Waals surface area (Å²) < 4.78 is 8.00. The summed E-state index contributed by atoms with van der Waals surface area (Å²) in [6, 6.07) is 13.6. The summed E-state index contributed by atoms with van der Waals surface area (Å²) in [6.07, 6.45) is 1.41. The summed E-state index contributed by atoms with van der Waals surface area (Å²) in [5.74, 6) is -0.993. The molecule has 12 heteroatoms. The van der Waals surface area contributed by atoms with Crippen molar-refractivity contribution in [1.29, 1.82) is 0 Å². The second-order valence-corrected chi connectivity index (χ2v) is 10.8. The van der Waals surface area contributed by atoms with Crippen molar-refractivity contribution in [3.63, 3.8) is 0 Å². The molecular formula is C25H16Br2IN3O6. The van der Waals surface area contributed by atoms with Crippen molar-refractivity contribution in [1.82, 2.24) is 5.32 Å². The Kier molecular flexibility index (Phi) is 8.09. The van der Waals surface area contributed by atoms with Crippen molar-refractivity contribution >= 4 is 89.7 Å². The molecule has 1 aliphatic rings. The lowest BCUT2D eigenvalue weighted by atomic mass is 10.1. The normalized spacial score (nSPS) is 14.6. The molecule has 4 rings (SSSR count). The monoisotopic (exact) mass is 739 g/mol. The van der Waals surface area contributed by atoms with Crippen molar-refractivity contribution in [2.75, 3.05) is 4.90 Å². The number of amides is 4. The van der Waals surface area contributed by atoms with E-state index in [9.17, 15) is 24.5 Å². The fourth-order valence-corrected chi connectivity index (χ4v) is 5.51. The number of carbonyl (C=O) groups is 3. The van der Waals surface area contributed by atoms with Crippen LogP contribution in [0.1, 0.15) is 16.7 Å². The van der Waals surface area contributed by atoms with E-state index in [1.54, 1.807) is 42.5 Å². The number of carbonyl (C=O) groups excluding carboxylic acids is 3. The number of urea groups is 1. The molecule has 3 aromatic carbocycles. The molecule has 37 heavy (non-hydrogen) atoms. The first-order chi connectivity index (χ1) is 17.5. The molecule has 1 fully saturated rings. The number of halogens is 3. The molecule has 0 spiro atoms. The molecule has 0 atom stereocenters. The number of nitrogens with zero attached hydrogens (tertiary/aromatic N) is 2. The van der Waals surface area contributed by atoms with E-state index in [0.717, 1.165) is 20.5 Å². The Bertz CT molecular complexity index is 1470. The predicted molar refractivity (Wildman–Crippen MR) is 152 cm³/mol. The minimum Gasteiger partial charge on any atom is -0.487 e. The highest BCUT2D eigenvalue weighted by atomic mass is 127. The molecule has 0 radical (unpaired) electrons. The average Bonchev–Trinajstić information content (AvgIpc) is 2.83. The molecule has 0 aliphatic carbocycles. The summed E-state index contributed by atoms with van der Waals surface area (Å²) >= 11 is 8.93. The Hall–Kier alpha value is -3.10. The van der Waals surface area contributed by atoms with Gasteiger partial charge < -0.3 is 4.74 Å². The van der Waals surface area contributed by atoms with Gasteiger partial charge in [0.2, 0.25) is 0 Å². The number of rotatable bonds is 6. The van der Waals surface area contributed by atoms with Gasteiger partial charge in [-0.15, -0.1) is 0 Å². The number of nitro groups is 1. The number of anilines is 1. The Morgan fingerprint density at radius 1 is 1.05 bits per heavy atom. The van der Waals surface area contributed by atoms with E-state index in [-0.39, 0.29) is 17.9 Å². The highest BCUT2D eigenvalue weighted by Crippen LogP contribution is 2.34. The topological polar surface area (TPSA) is 119 Å². The second kappa shape index (κ2) is 11.1. The van der Waals surface area contributed by atoms with Crippen LogP contribution in [0.5, 0.6) is 5.75 Å². The maximum Gasteiger partial charge on any atom is 0.335 e. The molecule has 1 aliphatic heterocycles. The van der Waals surface area contributed by atoms with Gasteiger partial charge in [-0.3, -0.25) is 25.0 Å².